The molecule has 0 amide bonds. The van der Waals surface area contributed by atoms with Crippen molar-refractivity contribution < 1.29 is 4.21 Å². The van der Waals surface area contributed by atoms with E-state index in [1.807, 2.05) is 0 Å². The van der Waals surface area contributed by atoms with Crippen LogP contribution in [0.25, 0.3) is 0 Å². The lowest BCUT2D eigenvalue weighted by Crippen LogP contribution is -2.20. The highest BCUT2D eigenvalue weighted by Crippen LogP contribution is 2.53. The average molecular weight is 252 g/mol. The van der Waals surface area contributed by atoms with Gasteiger partial charge in [-0.25, -0.2) is 4.21 Å². The Hall–Kier alpha value is -0.370. The van der Waals surface area contributed by atoms with Crippen LogP contribution < -0.4 is 0 Å². The SMILES string of the molecule is CC(C)(C)C1=C(C(C)(C)C)S(=O)C2=C1CCC2. The summed E-state index contributed by atoms with van der Waals surface area (Å²) < 4.78 is 12.7. The van der Waals surface area contributed by atoms with Crippen LogP contribution >= 0.6 is 0 Å². The van der Waals surface area contributed by atoms with Crippen LogP contribution in [0.15, 0.2) is 21.0 Å². The van der Waals surface area contributed by atoms with Gasteiger partial charge in [-0.05, 0) is 41.2 Å². The molecule has 2 heteroatoms. The van der Waals surface area contributed by atoms with E-state index in [9.17, 15) is 4.21 Å². The molecule has 0 fully saturated rings. The maximum absolute atomic E-state index is 12.7. The first-order valence-electron chi connectivity index (χ1n) is 6.53. The van der Waals surface area contributed by atoms with E-state index in [2.05, 4.69) is 41.5 Å². The van der Waals surface area contributed by atoms with Gasteiger partial charge in [0, 0.05) is 9.81 Å². The number of hydrogen-bond donors (Lipinski definition) is 0. The summed E-state index contributed by atoms with van der Waals surface area (Å²) >= 11 is 0. The molecule has 96 valence electrons. The van der Waals surface area contributed by atoms with Crippen molar-refractivity contribution in [1.29, 1.82) is 0 Å². The smallest absolute Gasteiger partial charge is 0.0778 e. The van der Waals surface area contributed by atoms with Gasteiger partial charge < -0.3 is 0 Å². The van der Waals surface area contributed by atoms with E-state index in [1.54, 1.807) is 0 Å². The Morgan fingerprint density at radius 2 is 1.53 bits per heavy atom. The maximum atomic E-state index is 12.7. The van der Waals surface area contributed by atoms with E-state index in [0.717, 1.165) is 12.8 Å². The Morgan fingerprint density at radius 1 is 0.941 bits per heavy atom. The molecule has 0 saturated carbocycles. The van der Waals surface area contributed by atoms with E-state index in [-0.39, 0.29) is 10.8 Å². The molecular formula is C15H24OS. The zero-order valence-electron chi connectivity index (χ0n) is 11.9. The van der Waals surface area contributed by atoms with Gasteiger partial charge in [-0.3, -0.25) is 0 Å². The minimum absolute atomic E-state index is 0.0117. The molecular weight excluding hydrogens is 228 g/mol. The molecule has 0 aromatic rings. The molecule has 0 radical (unpaired) electrons. The molecule has 0 saturated heterocycles. The summed E-state index contributed by atoms with van der Waals surface area (Å²) in [4.78, 5) is 2.43. The van der Waals surface area contributed by atoms with Crippen molar-refractivity contribution in [1.82, 2.24) is 0 Å². The standard InChI is InChI=1S/C15H24OS/c1-14(2,3)12-10-8-7-9-11(10)17(16)13(12)15(4,5)6/h7-9H2,1-6H3. The Kier molecular flexibility index (Phi) is 2.93. The topological polar surface area (TPSA) is 17.1 Å². The summed E-state index contributed by atoms with van der Waals surface area (Å²) in [6.07, 6.45) is 3.36. The predicted molar refractivity (Wildman–Crippen MR) is 75.0 cm³/mol. The first kappa shape index (κ1) is 13.1. The average Bonchev–Trinajstić information content (AvgIpc) is 2.63. The molecule has 1 heterocycles. The summed E-state index contributed by atoms with van der Waals surface area (Å²) in [7, 11) is -0.853. The van der Waals surface area contributed by atoms with Gasteiger partial charge in [-0.1, -0.05) is 41.5 Å². The second kappa shape index (κ2) is 3.81. The van der Waals surface area contributed by atoms with Crippen molar-refractivity contribution in [3.05, 3.63) is 21.0 Å². The lowest BCUT2D eigenvalue weighted by atomic mass is 9.77. The summed E-state index contributed by atoms with van der Waals surface area (Å²) in [6.45, 7) is 13.3. The third kappa shape index (κ3) is 2.05. The molecule has 2 rings (SSSR count). The van der Waals surface area contributed by atoms with Crippen LogP contribution in [0.5, 0.6) is 0 Å². The van der Waals surface area contributed by atoms with Gasteiger partial charge in [0.15, 0.2) is 0 Å². The van der Waals surface area contributed by atoms with Crippen molar-refractivity contribution in [2.45, 2.75) is 60.8 Å². The highest BCUT2D eigenvalue weighted by Gasteiger charge is 2.42. The largest absolute Gasteiger partial charge is 0.250 e. The van der Waals surface area contributed by atoms with Crippen LogP contribution in [-0.4, -0.2) is 4.21 Å². The molecule has 1 unspecified atom stereocenters. The minimum Gasteiger partial charge on any atom is -0.250 e. The van der Waals surface area contributed by atoms with Gasteiger partial charge in [0.1, 0.15) is 0 Å². The predicted octanol–water partition coefficient (Wildman–Crippen LogP) is 4.53. The minimum atomic E-state index is -0.853. The van der Waals surface area contributed by atoms with E-state index < -0.39 is 10.8 Å². The molecule has 0 bridgehead atoms. The Bertz CT molecular complexity index is 439. The molecule has 1 nitrogen and oxygen atoms in total. The fourth-order valence-corrected chi connectivity index (χ4v) is 5.16. The Labute approximate surface area is 108 Å². The van der Waals surface area contributed by atoms with E-state index in [0.29, 0.717) is 0 Å². The van der Waals surface area contributed by atoms with Crippen LogP contribution in [-0.2, 0) is 10.8 Å². The van der Waals surface area contributed by atoms with Crippen LogP contribution in [0, 0.1) is 10.8 Å². The lowest BCUT2D eigenvalue weighted by molar-refractivity contribution is 0.467. The van der Waals surface area contributed by atoms with E-state index >= 15 is 0 Å². The van der Waals surface area contributed by atoms with Gasteiger partial charge in [0.25, 0.3) is 0 Å². The van der Waals surface area contributed by atoms with Crippen LogP contribution in [0.2, 0.25) is 0 Å². The Balaban J connectivity index is 2.64. The number of rotatable bonds is 0. The van der Waals surface area contributed by atoms with Gasteiger partial charge in [0.05, 0.1) is 10.8 Å². The van der Waals surface area contributed by atoms with Gasteiger partial charge in [-0.2, -0.15) is 0 Å². The van der Waals surface area contributed by atoms with Gasteiger partial charge >= 0.3 is 0 Å². The van der Waals surface area contributed by atoms with Crippen LogP contribution in [0.1, 0.15) is 60.8 Å². The van der Waals surface area contributed by atoms with Crippen molar-refractivity contribution in [3.8, 4) is 0 Å². The molecule has 0 spiro atoms. The lowest BCUT2D eigenvalue weighted by Gasteiger charge is -2.30. The summed E-state index contributed by atoms with van der Waals surface area (Å²) in [6, 6.07) is 0. The third-order valence-electron chi connectivity index (χ3n) is 3.54. The third-order valence-corrected chi connectivity index (χ3v) is 5.62. The molecule has 2 aliphatic rings. The highest BCUT2D eigenvalue weighted by atomic mass is 32.2. The van der Waals surface area contributed by atoms with Gasteiger partial charge in [-0.15, -0.1) is 0 Å². The summed E-state index contributed by atoms with van der Waals surface area (Å²) in [5, 5.41) is 0. The molecule has 17 heavy (non-hydrogen) atoms. The molecule has 1 aliphatic carbocycles. The van der Waals surface area contributed by atoms with Crippen molar-refractivity contribution in [2.75, 3.05) is 0 Å². The number of allylic oxidation sites excluding steroid dienone is 4. The highest BCUT2D eigenvalue weighted by molar-refractivity contribution is 7.93. The second-order valence-electron chi connectivity index (χ2n) is 7.23. The zero-order valence-corrected chi connectivity index (χ0v) is 12.8. The van der Waals surface area contributed by atoms with Crippen molar-refractivity contribution in [2.24, 2.45) is 10.8 Å². The summed E-state index contributed by atoms with van der Waals surface area (Å²) in [5.41, 5.74) is 2.95. The van der Waals surface area contributed by atoms with Crippen molar-refractivity contribution in [3.63, 3.8) is 0 Å². The first-order valence-corrected chi connectivity index (χ1v) is 7.68. The second-order valence-corrected chi connectivity index (χ2v) is 8.67. The fourth-order valence-electron chi connectivity index (χ4n) is 2.98. The maximum Gasteiger partial charge on any atom is 0.0778 e. The van der Waals surface area contributed by atoms with Crippen LogP contribution in [0.4, 0.5) is 0 Å². The van der Waals surface area contributed by atoms with E-state index in [1.165, 1.54) is 27.4 Å². The monoisotopic (exact) mass is 252 g/mol. The zero-order chi connectivity index (χ0) is 13.0. The number of hydrogen-bond acceptors (Lipinski definition) is 1. The summed E-state index contributed by atoms with van der Waals surface area (Å²) in [5.74, 6) is 0. The van der Waals surface area contributed by atoms with E-state index in [4.69, 9.17) is 0 Å². The molecule has 0 aromatic carbocycles. The first-order chi connectivity index (χ1) is 7.64. The quantitative estimate of drug-likeness (QED) is 0.619. The van der Waals surface area contributed by atoms with Crippen molar-refractivity contribution >= 4 is 10.8 Å². The fraction of sp³-hybridized carbons (Fsp3) is 0.733. The van der Waals surface area contributed by atoms with Crippen LogP contribution in [0.3, 0.4) is 0 Å². The normalized spacial score (nSPS) is 25.9. The Morgan fingerprint density at radius 3 is 2.00 bits per heavy atom. The molecule has 0 aromatic heterocycles. The molecule has 1 atom stereocenters. The molecule has 1 aliphatic heterocycles. The van der Waals surface area contributed by atoms with Gasteiger partial charge in [0.2, 0.25) is 0 Å². The molecule has 0 N–H and O–H groups in total.